The number of nitrogens with zero attached hydrogens (tertiary/aromatic N) is 1. The van der Waals surface area contributed by atoms with Gasteiger partial charge in [-0.1, -0.05) is 13.0 Å². The Hall–Kier alpha value is -1.95. The molecule has 1 aromatic rings. The number of nitrogens with one attached hydrogen (secondary N) is 2. The van der Waals surface area contributed by atoms with Crippen molar-refractivity contribution in [3.05, 3.63) is 23.8 Å². The quantitative estimate of drug-likeness (QED) is 0.756. The zero-order valence-corrected chi connectivity index (χ0v) is 12.6. The average Bonchev–Trinajstić information content (AvgIpc) is 2.91. The van der Waals surface area contributed by atoms with Crippen molar-refractivity contribution in [3.63, 3.8) is 0 Å². The molecule has 2 amide bonds. The highest BCUT2D eigenvalue weighted by atomic mass is 16.5. The minimum absolute atomic E-state index is 0.0166. The van der Waals surface area contributed by atoms with Crippen LogP contribution >= 0.6 is 0 Å². The summed E-state index contributed by atoms with van der Waals surface area (Å²) in [6.45, 7) is 6.23. The zero-order valence-electron chi connectivity index (χ0n) is 12.6. The Labute approximate surface area is 125 Å². The van der Waals surface area contributed by atoms with Gasteiger partial charge in [0.15, 0.2) is 0 Å². The SMILES string of the molecule is CCNCc1ccc(OC)cc1OCCN1CCNC1=O. The first kappa shape index (κ1) is 15.4. The molecule has 1 saturated heterocycles. The van der Waals surface area contributed by atoms with Crippen molar-refractivity contribution in [2.24, 2.45) is 0 Å². The molecule has 0 bridgehead atoms. The fraction of sp³-hybridized carbons (Fsp3) is 0.533. The van der Waals surface area contributed by atoms with Gasteiger partial charge in [-0.05, 0) is 12.6 Å². The van der Waals surface area contributed by atoms with E-state index in [2.05, 4.69) is 17.6 Å². The van der Waals surface area contributed by atoms with Gasteiger partial charge in [0.25, 0.3) is 0 Å². The van der Waals surface area contributed by atoms with E-state index >= 15 is 0 Å². The molecule has 2 rings (SSSR count). The summed E-state index contributed by atoms with van der Waals surface area (Å²) in [5.74, 6) is 1.57. The Bertz CT molecular complexity index is 479. The third-order valence-corrected chi connectivity index (χ3v) is 3.40. The fourth-order valence-corrected chi connectivity index (χ4v) is 2.19. The van der Waals surface area contributed by atoms with Crippen LogP contribution in [0.15, 0.2) is 18.2 Å². The normalized spacial score (nSPS) is 14.2. The smallest absolute Gasteiger partial charge is 0.317 e. The van der Waals surface area contributed by atoms with Crippen molar-refractivity contribution in [1.29, 1.82) is 0 Å². The summed E-state index contributed by atoms with van der Waals surface area (Å²) in [4.78, 5) is 13.2. The van der Waals surface area contributed by atoms with E-state index < -0.39 is 0 Å². The Balaban J connectivity index is 1.94. The second-order valence-corrected chi connectivity index (χ2v) is 4.82. The van der Waals surface area contributed by atoms with Crippen molar-refractivity contribution >= 4 is 6.03 Å². The van der Waals surface area contributed by atoms with Gasteiger partial charge >= 0.3 is 6.03 Å². The standard InChI is InChI=1S/C15H23N3O3/c1-3-16-11-12-4-5-13(20-2)10-14(12)21-9-8-18-7-6-17-15(18)19/h4-5,10,16H,3,6-9,11H2,1-2H3,(H,17,19). The topological polar surface area (TPSA) is 62.8 Å². The van der Waals surface area contributed by atoms with Crippen LogP contribution in [0.25, 0.3) is 0 Å². The molecule has 21 heavy (non-hydrogen) atoms. The molecule has 6 nitrogen and oxygen atoms in total. The van der Waals surface area contributed by atoms with Gasteiger partial charge in [0.2, 0.25) is 0 Å². The highest BCUT2D eigenvalue weighted by Gasteiger charge is 2.18. The number of benzene rings is 1. The number of hydrogen-bond donors (Lipinski definition) is 2. The van der Waals surface area contributed by atoms with Crippen LogP contribution in [0.5, 0.6) is 11.5 Å². The minimum atomic E-state index is -0.0166. The van der Waals surface area contributed by atoms with Crippen LogP contribution in [-0.2, 0) is 6.54 Å². The molecule has 0 atom stereocenters. The highest BCUT2D eigenvalue weighted by Crippen LogP contribution is 2.24. The number of amides is 2. The van der Waals surface area contributed by atoms with Gasteiger partial charge in [0, 0.05) is 31.3 Å². The maximum Gasteiger partial charge on any atom is 0.317 e. The van der Waals surface area contributed by atoms with Gasteiger partial charge in [0.05, 0.1) is 13.7 Å². The largest absolute Gasteiger partial charge is 0.497 e. The fourth-order valence-electron chi connectivity index (χ4n) is 2.19. The molecule has 116 valence electrons. The Kier molecular flexibility index (Phi) is 5.68. The monoisotopic (exact) mass is 293 g/mol. The van der Waals surface area contributed by atoms with E-state index in [1.54, 1.807) is 12.0 Å². The molecule has 0 radical (unpaired) electrons. The maximum absolute atomic E-state index is 11.5. The predicted octanol–water partition coefficient (Wildman–Crippen LogP) is 1.21. The number of methoxy groups -OCH3 is 1. The summed E-state index contributed by atoms with van der Waals surface area (Å²) in [5.41, 5.74) is 1.09. The molecule has 0 unspecified atom stereocenters. The number of ether oxygens (including phenoxy) is 2. The van der Waals surface area contributed by atoms with Gasteiger partial charge in [0.1, 0.15) is 18.1 Å². The van der Waals surface area contributed by atoms with Crippen LogP contribution in [0.4, 0.5) is 4.79 Å². The van der Waals surface area contributed by atoms with Crippen LogP contribution in [0.3, 0.4) is 0 Å². The van der Waals surface area contributed by atoms with E-state index in [-0.39, 0.29) is 6.03 Å². The zero-order chi connectivity index (χ0) is 15.1. The molecule has 1 heterocycles. The van der Waals surface area contributed by atoms with E-state index in [1.165, 1.54) is 0 Å². The molecule has 1 aliphatic rings. The van der Waals surface area contributed by atoms with Crippen molar-refractivity contribution < 1.29 is 14.3 Å². The summed E-state index contributed by atoms with van der Waals surface area (Å²) in [5, 5.41) is 6.06. The molecule has 0 spiro atoms. The number of carbonyl (C=O) groups excluding carboxylic acids is 1. The van der Waals surface area contributed by atoms with Crippen LogP contribution in [0.2, 0.25) is 0 Å². The predicted molar refractivity (Wildman–Crippen MR) is 80.8 cm³/mol. The molecular formula is C15H23N3O3. The van der Waals surface area contributed by atoms with Gasteiger partial charge in [-0.3, -0.25) is 0 Å². The van der Waals surface area contributed by atoms with E-state index in [0.717, 1.165) is 36.7 Å². The van der Waals surface area contributed by atoms with Crippen molar-refractivity contribution in [2.45, 2.75) is 13.5 Å². The lowest BCUT2D eigenvalue weighted by Gasteiger charge is -2.17. The Morgan fingerprint density at radius 1 is 1.43 bits per heavy atom. The molecule has 1 aliphatic heterocycles. The van der Waals surface area contributed by atoms with Gasteiger partial charge in [-0.15, -0.1) is 0 Å². The number of carbonyl (C=O) groups is 1. The average molecular weight is 293 g/mol. The first-order chi connectivity index (χ1) is 10.2. The summed E-state index contributed by atoms with van der Waals surface area (Å²) in [6, 6.07) is 5.79. The second kappa shape index (κ2) is 7.73. The minimum Gasteiger partial charge on any atom is -0.497 e. The van der Waals surface area contributed by atoms with Gasteiger partial charge in [-0.25, -0.2) is 4.79 Å². The van der Waals surface area contributed by atoms with E-state index in [4.69, 9.17) is 9.47 Å². The lowest BCUT2D eigenvalue weighted by Crippen LogP contribution is -2.32. The lowest BCUT2D eigenvalue weighted by atomic mass is 10.2. The summed E-state index contributed by atoms with van der Waals surface area (Å²) in [6.07, 6.45) is 0. The molecular weight excluding hydrogens is 270 g/mol. The lowest BCUT2D eigenvalue weighted by molar-refractivity contribution is 0.202. The highest BCUT2D eigenvalue weighted by molar-refractivity contribution is 5.76. The van der Waals surface area contributed by atoms with E-state index in [1.807, 2.05) is 18.2 Å². The second-order valence-electron chi connectivity index (χ2n) is 4.82. The molecule has 2 N–H and O–H groups in total. The summed E-state index contributed by atoms with van der Waals surface area (Å²) in [7, 11) is 1.64. The van der Waals surface area contributed by atoms with Crippen LogP contribution in [0.1, 0.15) is 12.5 Å². The Morgan fingerprint density at radius 2 is 2.29 bits per heavy atom. The Morgan fingerprint density at radius 3 is 2.95 bits per heavy atom. The number of hydrogen-bond acceptors (Lipinski definition) is 4. The van der Waals surface area contributed by atoms with E-state index in [9.17, 15) is 4.79 Å². The van der Waals surface area contributed by atoms with Gasteiger partial charge < -0.3 is 25.0 Å². The van der Waals surface area contributed by atoms with Crippen LogP contribution in [-0.4, -0.2) is 50.8 Å². The van der Waals surface area contributed by atoms with E-state index in [0.29, 0.717) is 19.7 Å². The van der Waals surface area contributed by atoms with Crippen LogP contribution in [0, 0.1) is 0 Å². The van der Waals surface area contributed by atoms with Crippen molar-refractivity contribution in [2.75, 3.05) is 39.9 Å². The summed E-state index contributed by atoms with van der Waals surface area (Å²) < 4.78 is 11.1. The third kappa shape index (κ3) is 4.26. The molecule has 6 heteroatoms. The molecule has 0 aliphatic carbocycles. The first-order valence-electron chi connectivity index (χ1n) is 7.27. The third-order valence-electron chi connectivity index (χ3n) is 3.40. The van der Waals surface area contributed by atoms with Crippen LogP contribution < -0.4 is 20.1 Å². The number of urea groups is 1. The first-order valence-corrected chi connectivity index (χ1v) is 7.27. The van der Waals surface area contributed by atoms with Gasteiger partial charge in [-0.2, -0.15) is 0 Å². The van der Waals surface area contributed by atoms with Crippen molar-refractivity contribution in [1.82, 2.24) is 15.5 Å². The molecule has 1 aromatic carbocycles. The summed E-state index contributed by atoms with van der Waals surface area (Å²) >= 11 is 0. The maximum atomic E-state index is 11.5. The van der Waals surface area contributed by atoms with Crippen molar-refractivity contribution in [3.8, 4) is 11.5 Å². The number of rotatable bonds is 8. The molecule has 0 saturated carbocycles. The molecule has 0 aromatic heterocycles. The molecule has 1 fully saturated rings.